The fourth-order valence-electron chi connectivity index (χ4n) is 6.94. The lowest BCUT2D eigenvalue weighted by atomic mass is 10.0. The predicted molar refractivity (Wildman–Crippen MR) is 230 cm³/mol. The van der Waals surface area contributed by atoms with E-state index >= 15 is 0 Å². The highest BCUT2D eigenvalue weighted by Crippen LogP contribution is 2.38. The van der Waals surface area contributed by atoms with Crippen molar-refractivity contribution in [3.05, 3.63) is 34.8 Å². The van der Waals surface area contributed by atoms with Crippen molar-refractivity contribution in [1.29, 1.82) is 0 Å². The van der Waals surface area contributed by atoms with Gasteiger partial charge in [0.2, 0.25) is 0 Å². The Bertz CT molecular complexity index is 1340. The number of quaternary nitrogens is 1. The molecule has 0 aliphatic carbocycles. The van der Waals surface area contributed by atoms with Crippen LogP contribution in [0.2, 0.25) is 0 Å². The minimum Gasteiger partial charge on any atom is -0.756 e. The van der Waals surface area contributed by atoms with E-state index in [1.807, 2.05) is 21.1 Å². The molecule has 2 rings (SSSR count). The third kappa shape index (κ3) is 25.6. The number of likely N-dealkylation sites (N-methyl/N-ethyl adjacent to an activating group) is 1. The van der Waals surface area contributed by atoms with E-state index in [0.717, 1.165) is 95.0 Å². The second-order valence-electron chi connectivity index (χ2n) is 17.4. The molecule has 1 aromatic heterocycles. The van der Waals surface area contributed by atoms with Gasteiger partial charge in [-0.05, 0) is 76.3 Å². The van der Waals surface area contributed by atoms with Gasteiger partial charge in [-0.15, -0.1) is 0 Å². The first-order valence-corrected chi connectivity index (χ1v) is 24.3. The molecule has 58 heavy (non-hydrogen) atoms. The Balaban J connectivity index is 1.61. The molecule has 12 heteroatoms. The zero-order valence-electron chi connectivity index (χ0n) is 37.7. The minimum atomic E-state index is -4.64. The van der Waals surface area contributed by atoms with Crippen LogP contribution in [0, 0.1) is 13.8 Å². The standard InChI is InChI=1S/C46H82NO10P/c1-8-10-23-30-43-44(57-43)31-25-20-16-12-14-18-22-27-33-46(49)55-40(37-54-58(50,51)53-35-34-47(5,6)7)36-52-45(48)32-26-21-17-13-11-15-19-24-29-42-39(4)38(3)41(56-42)28-9-2/h20,25,40,43-44H,8-19,21-24,26-37H2,1-7H3/b25-20-/t40-,43?,44?/m1/s1. The molecule has 11 nitrogen and oxygen atoms in total. The van der Waals surface area contributed by atoms with Crippen LogP contribution >= 0.6 is 7.82 Å². The highest BCUT2D eigenvalue weighted by molar-refractivity contribution is 7.45. The molecule has 0 spiro atoms. The Morgan fingerprint density at radius 1 is 0.724 bits per heavy atom. The molecule has 0 amide bonds. The van der Waals surface area contributed by atoms with E-state index in [2.05, 4.69) is 39.8 Å². The zero-order chi connectivity index (χ0) is 42.7. The molecule has 1 aliphatic heterocycles. The smallest absolute Gasteiger partial charge is 0.306 e. The van der Waals surface area contributed by atoms with Gasteiger partial charge in [-0.2, -0.15) is 0 Å². The van der Waals surface area contributed by atoms with Crippen molar-refractivity contribution >= 4 is 19.8 Å². The summed E-state index contributed by atoms with van der Waals surface area (Å²) in [6.45, 7) is 8.40. The maximum atomic E-state index is 12.7. The van der Waals surface area contributed by atoms with Crippen molar-refractivity contribution < 1.29 is 51.2 Å². The van der Waals surface area contributed by atoms with Gasteiger partial charge >= 0.3 is 11.9 Å². The summed E-state index contributed by atoms with van der Waals surface area (Å²) >= 11 is 0. The van der Waals surface area contributed by atoms with Gasteiger partial charge in [0.1, 0.15) is 31.3 Å². The van der Waals surface area contributed by atoms with Crippen molar-refractivity contribution in [1.82, 2.24) is 0 Å². The van der Waals surface area contributed by atoms with E-state index in [1.165, 1.54) is 56.1 Å². The summed E-state index contributed by atoms with van der Waals surface area (Å²) in [5.41, 5.74) is 2.63. The third-order valence-electron chi connectivity index (χ3n) is 10.9. The van der Waals surface area contributed by atoms with E-state index in [0.29, 0.717) is 36.1 Å². The fourth-order valence-corrected chi connectivity index (χ4v) is 7.67. The lowest BCUT2D eigenvalue weighted by molar-refractivity contribution is -0.870. The fraction of sp³-hybridized carbons (Fsp3) is 0.826. The molecule has 0 bridgehead atoms. The number of furan rings is 1. The number of aryl methyl sites for hydroxylation is 2. The van der Waals surface area contributed by atoms with Gasteiger partial charge in [-0.1, -0.05) is 103 Å². The molecule has 0 aromatic carbocycles. The van der Waals surface area contributed by atoms with Crippen LogP contribution in [0.15, 0.2) is 16.6 Å². The van der Waals surface area contributed by atoms with E-state index in [9.17, 15) is 19.0 Å². The molecule has 3 unspecified atom stereocenters. The van der Waals surface area contributed by atoms with Crippen LogP contribution in [-0.4, -0.2) is 82.2 Å². The van der Waals surface area contributed by atoms with Gasteiger partial charge < -0.3 is 37.1 Å². The highest BCUT2D eigenvalue weighted by atomic mass is 31.2. The molecule has 4 atom stereocenters. The number of hydrogen-bond acceptors (Lipinski definition) is 10. The van der Waals surface area contributed by atoms with Crippen LogP contribution in [0.25, 0.3) is 0 Å². The Morgan fingerprint density at radius 2 is 1.33 bits per heavy atom. The Morgan fingerprint density at radius 3 is 1.97 bits per heavy atom. The van der Waals surface area contributed by atoms with Gasteiger partial charge in [0, 0.05) is 25.7 Å². The molecule has 1 aromatic rings. The van der Waals surface area contributed by atoms with Crippen molar-refractivity contribution in [3.63, 3.8) is 0 Å². The molecular formula is C46H82NO10P. The molecule has 2 heterocycles. The number of ether oxygens (including phenoxy) is 3. The number of carbonyl (C=O) groups excluding carboxylic acids is 2. The summed E-state index contributed by atoms with van der Waals surface area (Å²) in [5, 5.41) is 0. The summed E-state index contributed by atoms with van der Waals surface area (Å²) in [4.78, 5) is 37.7. The molecule has 336 valence electrons. The minimum absolute atomic E-state index is 0.0415. The number of carbonyl (C=O) groups is 2. The average molecular weight is 840 g/mol. The number of nitrogens with zero attached hydrogens (tertiary/aromatic N) is 1. The maximum Gasteiger partial charge on any atom is 0.306 e. The second-order valence-corrected chi connectivity index (χ2v) is 18.8. The molecular weight excluding hydrogens is 757 g/mol. The Labute approximate surface area is 352 Å². The topological polar surface area (TPSA) is 137 Å². The summed E-state index contributed by atoms with van der Waals surface area (Å²) in [6, 6.07) is 0. The first-order chi connectivity index (χ1) is 27.7. The third-order valence-corrected chi connectivity index (χ3v) is 11.8. The number of hydrogen-bond donors (Lipinski definition) is 0. The largest absolute Gasteiger partial charge is 0.756 e. The number of phosphoric ester groups is 1. The average Bonchev–Trinajstić information content (AvgIpc) is 3.86. The Kier molecular flexibility index (Phi) is 27.0. The van der Waals surface area contributed by atoms with Crippen molar-refractivity contribution in [2.45, 2.75) is 200 Å². The van der Waals surface area contributed by atoms with E-state index < -0.39 is 32.5 Å². The SMILES string of the molecule is CCCCCC1OC1C/C=C\CCCCCCCC(=O)O[C@H](COC(=O)CCCCCCCCCCc1oc(CCC)c(C)c1C)COP(=O)([O-])OCC[N+](C)(C)C. The van der Waals surface area contributed by atoms with Gasteiger partial charge in [0.05, 0.1) is 40.0 Å². The molecule has 1 aliphatic rings. The van der Waals surface area contributed by atoms with E-state index in [-0.39, 0.29) is 26.1 Å². The molecule has 0 saturated carbocycles. The summed E-state index contributed by atoms with van der Waals surface area (Å²) < 4.78 is 45.8. The van der Waals surface area contributed by atoms with Crippen molar-refractivity contribution in [3.8, 4) is 0 Å². The van der Waals surface area contributed by atoms with Crippen LogP contribution in [-0.2, 0) is 50.3 Å². The van der Waals surface area contributed by atoms with Crippen LogP contribution in [0.5, 0.6) is 0 Å². The molecule has 1 saturated heterocycles. The molecule has 0 radical (unpaired) electrons. The number of epoxide rings is 1. The zero-order valence-corrected chi connectivity index (χ0v) is 38.6. The normalized spacial score (nSPS) is 17.1. The lowest BCUT2D eigenvalue weighted by Crippen LogP contribution is -2.37. The lowest BCUT2D eigenvalue weighted by Gasteiger charge is -2.28. The number of phosphoric acid groups is 1. The summed E-state index contributed by atoms with van der Waals surface area (Å²) in [5.74, 6) is 1.42. The number of allylic oxidation sites excluding steroid dienone is 1. The van der Waals surface area contributed by atoms with Crippen molar-refractivity contribution in [2.24, 2.45) is 0 Å². The summed E-state index contributed by atoms with van der Waals surface area (Å²) in [7, 11) is 1.13. The molecule has 1 fully saturated rings. The summed E-state index contributed by atoms with van der Waals surface area (Å²) in [6.07, 6.45) is 28.2. The van der Waals surface area contributed by atoms with Crippen LogP contribution in [0.1, 0.15) is 178 Å². The van der Waals surface area contributed by atoms with E-state index in [1.54, 1.807) is 0 Å². The monoisotopic (exact) mass is 840 g/mol. The highest BCUT2D eigenvalue weighted by Gasteiger charge is 2.36. The molecule has 0 N–H and O–H groups in total. The number of esters is 2. The predicted octanol–water partition coefficient (Wildman–Crippen LogP) is 10.6. The van der Waals surface area contributed by atoms with Gasteiger partial charge in [-0.3, -0.25) is 14.2 Å². The van der Waals surface area contributed by atoms with Crippen LogP contribution in [0.3, 0.4) is 0 Å². The number of unbranched alkanes of at least 4 members (excludes halogenated alkanes) is 14. The van der Waals surface area contributed by atoms with Crippen molar-refractivity contribution in [2.75, 3.05) is 47.5 Å². The maximum absolute atomic E-state index is 12.7. The Hall–Kier alpha value is -2.01. The van der Waals surface area contributed by atoms with Gasteiger partial charge in [0.25, 0.3) is 7.82 Å². The first-order valence-electron chi connectivity index (χ1n) is 22.9. The quantitative estimate of drug-likeness (QED) is 0.0159. The van der Waals surface area contributed by atoms with Gasteiger partial charge in [-0.25, -0.2) is 0 Å². The van der Waals surface area contributed by atoms with Crippen LogP contribution in [0.4, 0.5) is 0 Å². The second kappa shape index (κ2) is 30.1. The van der Waals surface area contributed by atoms with E-state index in [4.69, 9.17) is 27.7 Å². The first kappa shape index (κ1) is 52.1. The van der Waals surface area contributed by atoms with Gasteiger partial charge in [0.15, 0.2) is 6.10 Å². The van der Waals surface area contributed by atoms with Crippen LogP contribution < -0.4 is 4.89 Å². The number of rotatable bonds is 37.